The minimum absolute atomic E-state index is 0.00634. The van der Waals surface area contributed by atoms with Crippen LogP contribution in [0.25, 0.3) is 22.3 Å². The van der Waals surface area contributed by atoms with Gasteiger partial charge >= 0.3 is 0 Å². The van der Waals surface area contributed by atoms with Crippen molar-refractivity contribution in [2.45, 2.75) is 102 Å². The summed E-state index contributed by atoms with van der Waals surface area (Å²) >= 11 is 0. The highest BCUT2D eigenvalue weighted by Gasteiger charge is 2.44. The number of nitrogens with two attached hydrogens (primary N) is 1. The molecule has 0 bridgehead atoms. The molecule has 2 atom stereocenters. The summed E-state index contributed by atoms with van der Waals surface area (Å²) in [5, 5.41) is 11.8. The minimum Gasteiger partial charge on any atom is -0.457 e. The molecule has 3 aromatic carbocycles. The Morgan fingerprint density at radius 2 is 1.55 bits per heavy atom. The molecule has 0 radical (unpaired) electrons. The topological polar surface area (TPSA) is 195 Å². The fourth-order valence-corrected chi connectivity index (χ4v) is 9.20. The number of fused-ring (bicyclic) bond motifs is 2. The number of nitrogen functional groups attached to an aromatic ring is 1. The van der Waals surface area contributed by atoms with Crippen LogP contribution >= 0.6 is 0 Å². The van der Waals surface area contributed by atoms with Gasteiger partial charge in [0.25, 0.3) is 11.8 Å². The Labute approximate surface area is 377 Å². The fraction of sp³-hybridized carbons (Fsp3) is 0.380. The van der Waals surface area contributed by atoms with Gasteiger partial charge in [0.1, 0.15) is 58.6 Å². The van der Waals surface area contributed by atoms with E-state index in [1.807, 2.05) is 59.3 Å². The lowest BCUT2D eigenvalue weighted by Gasteiger charge is -2.34. The number of para-hydroxylation sites is 1. The van der Waals surface area contributed by atoms with Gasteiger partial charge in [0.15, 0.2) is 5.65 Å². The standard InChI is InChI=1S/C50H53N9O6/c51-47-45-46(34-21-24-39(25-22-34)65-38-17-10-8-11-18-38)56-59(48(45)54-33-53-47)36-16-14-28-57(29-36)37(31-61)15-9-6-4-2-1-3-5-7-12-27-52-41-20-13-19-40-44(41)50(64)58(49(40)63)43-26-23-35(30-60)55-42(43)32-62/h8,10-11,13,17-22,24-25,33,36,43,52,55H,1-7,9,12,14-16,23,26-29H2,(H2,51,53,54). The van der Waals surface area contributed by atoms with Gasteiger partial charge in [0.05, 0.1) is 34.3 Å². The van der Waals surface area contributed by atoms with E-state index < -0.39 is 17.9 Å². The lowest BCUT2D eigenvalue weighted by Crippen LogP contribution is -2.46. The number of hydrogen-bond donors (Lipinski definition) is 3. The van der Waals surface area contributed by atoms with Crippen LogP contribution in [-0.2, 0) is 14.4 Å². The van der Waals surface area contributed by atoms with E-state index in [2.05, 4.69) is 31.4 Å². The number of aromatic nitrogens is 4. The lowest BCUT2D eigenvalue weighted by molar-refractivity contribution is 0.0593. The van der Waals surface area contributed by atoms with E-state index in [1.54, 1.807) is 30.1 Å². The summed E-state index contributed by atoms with van der Waals surface area (Å²) in [5.74, 6) is 6.69. The van der Waals surface area contributed by atoms with Crippen molar-refractivity contribution in [3.8, 4) is 22.8 Å². The number of piperidine rings is 2. The molecule has 15 heteroatoms. The smallest absolute Gasteiger partial charge is 0.264 e. The summed E-state index contributed by atoms with van der Waals surface area (Å²) in [6, 6.07) is 21.7. The number of allylic oxidation sites excluding steroid dienone is 2. The number of unbranched alkanes of at least 4 members (excludes halogenated alkanes) is 8. The van der Waals surface area contributed by atoms with E-state index in [0.29, 0.717) is 64.6 Å². The van der Waals surface area contributed by atoms with Gasteiger partial charge < -0.3 is 26.0 Å². The molecule has 3 aliphatic rings. The third kappa shape index (κ3) is 9.93. The van der Waals surface area contributed by atoms with Crippen molar-refractivity contribution in [1.82, 2.24) is 34.9 Å². The third-order valence-electron chi connectivity index (χ3n) is 12.6. The molecule has 8 rings (SSSR count). The molecule has 2 saturated heterocycles. The van der Waals surface area contributed by atoms with Gasteiger partial charge in [-0.25, -0.2) is 29.0 Å². The number of benzene rings is 3. The largest absolute Gasteiger partial charge is 0.457 e. The Kier molecular flexibility index (Phi) is 14.3. The molecule has 0 aliphatic carbocycles. The van der Waals surface area contributed by atoms with Crippen LogP contribution in [0.5, 0.6) is 11.5 Å². The molecule has 2 unspecified atom stereocenters. The quantitative estimate of drug-likeness (QED) is 0.0411. The van der Waals surface area contributed by atoms with Gasteiger partial charge in [-0.1, -0.05) is 69.2 Å². The van der Waals surface area contributed by atoms with Crippen LogP contribution in [0.1, 0.15) is 117 Å². The molecular weight excluding hydrogens is 823 g/mol. The second kappa shape index (κ2) is 20.9. The molecule has 5 heterocycles. The third-order valence-corrected chi connectivity index (χ3v) is 12.6. The van der Waals surface area contributed by atoms with Crippen LogP contribution in [0.4, 0.5) is 11.5 Å². The van der Waals surface area contributed by atoms with Crippen LogP contribution in [0.3, 0.4) is 0 Å². The van der Waals surface area contributed by atoms with Gasteiger partial charge in [-0.05, 0) is 87.1 Å². The highest BCUT2D eigenvalue weighted by Crippen LogP contribution is 2.37. The van der Waals surface area contributed by atoms with E-state index in [9.17, 15) is 24.0 Å². The maximum absolute atomic E-state index is 13.5. The van der Waals surface area contributed by atoms with Crippen molar-refractivity contribution in [3.05, 3.63) is 107 Å². The average molecular weight is 876 g/mol. The summed E-state index contributed by atoms with van der Waals surface area (Å²) in [6.45, 7) is 2.09. The average Bonchev–Trinajstić information content (AvgIpc) is 3.86. The Bertz CT molecular complexity index is 2680. The van der Waals surface area contributed by atoms with Crippen LogP contribution in [-0.4, -0.2) is 84.9 Å². The molecule has 65 heavy (non-hydrogen) atoms. The molecule has 5 aromatic rings. The van der Waals surface area contributed by atoms with Crippen molar-refractivity contribution in [1.29, 1.82) is 0 Å². The van der Waals surface area contributed by atoms with Crippen LogP contribution < -0.4 is 21.1 Å². The van der Waals surface area contributed by atoms with Gasteiger partial charge in [-0.15, -0.1) is 0 Å². The Morgan fingerprint density at radius 3 is 2.29 bits per heavy atom. The number of anilines is 2. The Hall–Kier alpha value is -7.30. The summed E-state index contributed by atoms with van der Waals surface area (Å²) in [5.41, 5.74) is 10.8. The second-order valence-electron chi connectivity index (χ2n) is 16.8. The molecule has 334 valence electrons. The SMILES string of the molecule is Nc1ncnc2c1c(-c1ccc(Oc3ccccc3)cc1)nn2C1CCCN(C(=C=O)CCCCCCCCCCCNc2cccc3c2C(=O)N(C2CCC(=C=O)NC2=C=O)C3=O)C1. The van der Waals surface area contributed by atoms with Crippen LogP contribution in [0, 0.1) is 0 Å². The zero-order valence-electron chi connectivity index (χ0n) is 36.4. The number of amides is 2. The number of carbonyl (C=O) groups excluding carboxylic acids is 5. The van der Waals surface area contributed by atoms with Gasteiger partial charge in [0.2, 0.25) is 0 Å². The first-order valence-corrected chi connectivity index (χ1v) is 22.7. The Morgan fingerprint density at radius 1 is 0.815 bits per heavy atom. The van der Waals surface area contributed by atoms with E-state index in [-0.39, 0.29) is 30.3 Å². The molecule has 0 spiro atoms. The minimum atomic E-state index is -0.815. The number of nitrogens with zero attached hydrogens (tertiary/aromatic N) is 6. The molecule has 15 nitrogen and oxygen atoms in total. The molecule has 2 fully saturated rings. The molecule has 0 saturated carbocycles. The van der Waals surface area contributed by atoms with Gasteiger partial charge in [-0.3, -0.25) is 14.5 Å². The van der Waals surface area contributed by atoms with E-state index in [0.717, 1.165) is 99.1 Å². The van der Waals surface area contributed by atoms with Crippen molar-refractivity contribution in [3.63, 3.8) is 0 Å². The number of carbonyl (C=O) groups is 2. The summed E-state index contributed by atoms with van der Waals surface area (Å²) in [7, 11) is 0. The predicted octanol–water partition coefficient (Wildman–Crippen LogP) is 8.01. The van der Waals surface area contributed by atoms with Gasteiger partial charge in [0, 0.05) is 37.3 Å². The summed E-state index contributed by atoms with van der Waals surface area (Å²) in [6.07, 6.45) is 14.0. The number of likely N-dealkylation sites (tertiary alicyclic amines) is 1. The van der Waals surface area contributed by atoms with E-state index in [1.165, 1.54) is 6.33 Å². The lowest BCUT2D eigenvalue weighted by atomic mass is 10.0. The first-order chi connectivity index (χ1) is 31.9. The number of nitrogens with one attached hydrogen (secondary N) is 2. The number of imide groups is 1. The Balaban J connectivity index is 0.745. The number of ether oxygens (including phenoxy) is 1. The first kappa shape index (κ1) is 44.3. The summed E-state index contributed by atoms with van der Waals surface area (Å²) < 4.78 is 7.96. The zero-order valence-corrected chi connectivity index (χ0v) is 36.4. The fourth-order valence-electron chi connectivity index (χ4n) is 9.20. The monoisotopic (exact) mass is 875 g/mol. The normalized spacial score (nSPS) is 17.0. The number of rotatable bonds is 19. The van der Waals surface area contributed by atoms with Crippen molar-refractivity contribution in [2.24, 2.45) is 0 Å². The van der Waals surface area contributed by atoms with E-state index in [4.69, 9.17) is 15.6 Å². The highest BCUT2D eigenvalue weighted by atomic mass is 16.5. The van der Waals surface area contributed by atoms with E-state index >= 15 is 0 Å². The summed E-state index contributed by atoms with van der Waals surface area (Å²) in [4.78, 5) is 74.0. The first-order valence-electron chi connectivity index (χ1n) is 22.7. The maximum atomic E-state index is 13.5. The van der Waals surface area contributed by atoms with Gasteiger partial charge in [-0.2, -0.15) is 5.10 Å². The van der Waals surface area contributed by atoms with Crippen molar-refractivity contribution in [2.75, 3.05) is 30.7 Å². The maximum Gasteiger partial charge on any atom is 0.264 e. The van der Waals surface area contributed by atoms with Crippen molar-refractivity contribution >= 4 is 52.2 Å². The molecule has 2 aromatic heterocycles. The van der Waals surface area contributed by atoms with Crippen LogP contribution in [0.2, 0.25) is 0 Å². The highest BCUT2D eigenvalue weighted by molar-refractivity contribution is 6.24. The zero-order chi connectivity index (χ0) is 45.1. The van der Waals surface area contributed by atoms with Crippen LogP contribution in [0.15, 0.2) is 96.2 Å². The molecule has 2 amide bonds. The molecular formula is C50H53N9O6. The number of hydrogen-bond acceptors (Lipinski definition) is 13. The molecule has 3 aliphatic heterocycles. The van der Waals surface area contributed by atoms with Crippen molar-refractivity contribution < 1.29 is 28.7 Å². The predicted molar refractivity (Wildman–Crippen MR) is 247 cm³/mol. The molecule has 4 N–H and O–H groups in total. The second-order valence-corrected chi connectivity index (χ2v) is 16.8.